The molecule has 0 spiro atoms. The normalized spacial score (nSPS) is 12.4. The summed E-state index contributed by atoms with van der Waals surface area (Å²) < 4.78 is 9.12. The monoisotopic (exact) mass is 771 g/mol. The van der Waals surface area contributed by atoms with Crippen molar-refractivity contribution in [2.24, 2.45) is 16.8 Å². The Morgan fingerprint density at radius 3 is 2.06 bits per heavy atom. The van der Waals surface area contributed by atoms with Gasteiger partial charge in [-0.25, -0.2) is 9.59 Å². The number of hydrogen-bond donors (Lipinski definition) is 4. The van der Waals surface area contributed by atoms with E-state index in [2.05, 4.69) is 65.3 Å². The second-order valence-corrected chi connectivity index (χ2v) is 12.6. The van der Waals surface area contributed by atoms with Crippen molar-refractivity contribution in [1.82, 2.24) is 16.0 Å². The molecular formula is C38H63Cl2N5O7. The molecule has 0 heterocycles. The van der Waals surface area contributed by atoms with Crippen LogP contribution in [0.15, 0.2) is 52.6 Å². The van der Waals surface area contributed by atoms with Crippen molar-refractivity contribution < 1.29 is 33.4 Å². The van der Waals surface area contributed by atoms with Gasteiger partial charge >= 0.3 is 12.1 Å². The fourth-order valence-corrected chi connectivity index (χ4v) is 4.32. The summed E-state index contributed by atoms with van der Waals surface area (Å²) in [5, 5.41) is 11.4. The first-order valence-electron chi connectivity index (χ1n) is 17.4. The first-order chi connectivity index (χ1) is 24.7. The third-order valence-electron chi connectivity index (χ3n) is 6.53. The van der Waals surface area contributed by atoms with Crippen LogP contribution in [-0.4, -0.2) is 82.2 Å². The molecule has 0 aromatic heterocycles. The van der Waals surface area contributed by atoms with Gasteiger partial charge in [-0.3, -0.25) is 14.6 Å². The summed E-state index contributed by atoms with van der Waals surface area (Å²) in [6.45, 7) is 18.4. The molecule has 1 aromatic carbocycles. The highest BCUT2D eigenvalue weighted by Gasteiger charge is 2.23. The highest BCUT2D eigenvalue weighted by atomic mass is 35.5. The average molecular weight is 773 g/mol. The number of aldehydes is 1. The summed E-state index contributed by atoms with van der Waals surface area (Å²) in [6.07, 6.45) is 6.16. The van der Waals surface area contributed by atoms with Gasteiger partial charge in [0, 0.05) is 67.0 Å². The molecule has 0 aliphatic carbocycles. The zero-order valence-corrected chi connectivity index (χ0v) is 34.3. The van der Waals surface area contributed by atoms with Crippen LogP contribution in [0.3, 0.4) is 0 Å². The molecule has 3 amide bonds. The van der Waals surface area contributed by atoms with Gasteiger partial charge < -0.3 is 35.5 Å². The van der Waals surface area contributed by atoms with Gasteiger partial charge in [0.15, 0.2) is 0 Å². The number of nitrogens with zero attached hydrogens (tertiary/aromatic N) is 1. The predicted molar refractivity (Wildman–Crippen MR) is 214 cm³/mol. The summed E-state index contributed by atoms with van der Waals surface area (Å²) in [4.78, 5) is 61.3. The van der Waals surface area contributed by atoms with Gasteiger partial charge in [0.1, 0.15) is 12.3 Å². The van der Waals surface area contributed by atoms with E-state index < -0.39 is 24.0 Å². The van der Waals surface area contributed by atoms with Crippen LogP contribution in [0.4, 0.5) is 10.5 Å². The molecule has 0 aliphatic heterocycles. The molecule has 4 N–H and O–H groups in total. The number of anilines is 1. The van der Waals surface area contributed by atoms with E-state index in [-0.39, 0.29) is 41.2 Å². The Hall–Kier alpha value is -3.74. The lowest BCUT2D eigenvalue weighted by Crippen LogP contribution is -2.43. The average Bonchev–Trinajstić information content (AvgIpc) is 3.12. The summed E-state index contributed by atoms with van der Waals surface area (Å²) in [7, 11) is 4.48. The molecule has 0 fully saturated rings. The van der Waals surface area contributed by atoms with Gasteiger partial charge in [-0.05, 0) is 56.3 Å². The van der Waals surface area contributed by atoms with Crippen molar-refractivity contribution in [3.8, 4) is 0 Å². The van der Waals surface area contributed by atoms with Gasteiger partial charge in [0.05, 0.1) is 20.1 Å². The number of allylic oxidation sites excluding steroid dienone is 1. The van der Waals surface area contributed by atoms with Crippen molar-refractivity contribution >= 4 is 65.3 Å². The summed E-state index contributed by atoms with van der Waals surface area (Å²) in [6, 6.07) is 6.50. The quantitative estimate of drug-likeness (QED) is 0.0287. The molecule has 0 saturated carbocycles. The van der Waals surface area contributed by atoms with E-state index in [1.807, 2.05) is 27.8 Å². The lowest BCUT2D eigenvalue weighted by molar-refractivity contribution is -0.145. The molecule has 3 unspecified atom stereocenters. The highest BCUT2D eigenvalue weighted by Crippen LogP contribution is 2.19. The van der Waals surface area contributed by atoms with Gasteiger partial charge in [-0.1, -0.05) is 71.9 Å². The standard InChI is InChI=1S/C27H38Cl2N4O4.C5H9NO3.C4H10.C2H6/c1-6-31-14-13-23(29)22(17-28)26(35)32-21-11-9-20(10-12-21)16-24(27(36)37-5)33-25(34)15-18(2)7-8-19(3)30-4;1-9-5(8)6-3-2-4-7;1-4(2)3;1-2/h6,9-12,14,18-19,24,30H,1,7-8,13,15-17H2,2-5H3,(H,32,35)(H,33,34);4H,2-3H2,1H3,(H,6,8);4H,1-3H3;1-2H3/b23-22-,31-14?;;;. The molecule has 14 heteroatoms. The first-order valence-corrected chi connectivity index (χ1v) is 18.4. The van der Waals surface area contributed by atoms with Crippen molar-refractivity contribution in [3.63, 3.8) is 0 Å². The van der Waals surface area contributed by atoms with Crippen molar-refractivity contribution in [1.29, 1.82) is 0 Å². The number of carbonyl (C=O) groups is 5. The van der Waals surface area contributed by atoms with Gasteiger partial charge in [0.2, 0.25) is 5.91 Å². The van der Waals surface area contributed by atoms with Crippen molar-refractivity contribution in [3.05, 3.63) is 53.2 Å². The number of aliphatic imine (C=N–C) groups is 1. The van der Waals surface area contributed by atoms with E-state index >= 15 is 0 Å². The molecule has 3 atom stereocenters. The highest BCUT2D eigenvalue weighted by molar-refractivity contribution is 6.35. The third kappa shape index (κ3) is 28.9. The number of halogens is 2. The Morgan fingerprint density at radius 1 is 0.981 bits per heavy atom. The van der Waals surface area contributed by atoms with Crippen LogP contribution in [0.5, 0.6) is 0 Å². The van der Waals surface area contributed by atoms with Crippen LogP contribution in [0.1, 0.15) is 86.1 Å². The Bertz CT molecular complexity index is 1220. The summed E-state index contributed by atoms with van der Waals surface area (Å²) in [5.74, 6) is -0.171. The minimum absolute atomic E-state index is 0.0572. The molecule has 0 saturated heterocycles. The smallest absolute Gasteiger partial charge is 0.406 e. The van der Waals surface area contributed by atoms with Gasteiger partial charge in [-0.2, -0.15) is 0 Å². The topological polar surface area (TPSA) is 164 Å². The minimum Gasteiger partial charge on any atom is -0.467 e. The Balaban J connectivity index is -0.00000134. The fourth-order valence-electron chi connectivity index (χ4n) is 3.74. The molecule has 1 rings (SSSR count). The van der Waals surface area contributed by atoms with Gasteiger partial charge in [0.25, 0.3) is 5.91 Å². The molecule has 1 aromatic rings. The number of ether oxygens (including phenoxy) is 2. The lowest BCUT2D eigenvalue weighted by Gasteiger charge is -2.19. The van der Waals surface area contributed by atoms with Gasteiger partial charge in [-0.15, -0.1) is 11.6 Å². The number of methoxy groups -OCH3 is 2. The van der Waals surface area contributed by atoms with E-state index in [1.54, 1.807) is 24.3 Å². The van der Waals surface area contributed by atoms with Crippen LogP contribution >= 0.6 is 23.2 Å². The summed E-state index contributed by atoms with van der Waals surface area (Å²) in [5.41, 5.74) is 1.56. The number of amides is 3. The minimum atomic E-state index is -0.816. The number of hydrogen-bond acceptors (Lipinski definition) is 9. The maximum Gasteiger partial charge on any atom is 0.406 e. The van der Waals surface area contributed by atoms with Crippen LogP contribution in [0.25, 0.3) is 0 Å². The molecule has 0 radical (unpaired) electrons. The first kappa shape index (κ1) is 52.6. The molecule has 12 nitrogen and oxygen atoms in total. The number of rotatable bonds is 19. The molecule has 52 heavy (non-hydrogen) atoms. The number of alkyl carbamates (subject to hydrolysis) is 1. The second kappa shape index (κ2) is 34.4. The molecule has 0 bridgehead atoms. The van der Waals surface area contributed by atoms with Crippen LogP contribution in [0, 0.1) is 11.8 Å². The van der Waals surface area contributed by atoms with Crippen LogP contribution < -0.4 is 21.3 Å². The number of benzene rings is 1. The van der Waals surface area contributed by atoms with Crippen molar-refractivity contribution in [2.45, 2.75) is 99.1 Å². The van der Waals surface area contributed by atoms with Crippen LogP contribution in [-0.2, 0) is 35.1 Å². The number of carbonyl (C=O) groups excluding carboxylic acids is 5. The third-order valence-corrected chi connectivity index (χ3v) is 7.17. The van der Waals surface area contributed by atoms with E-state index in [4.69, 9.17) is 27.9 Å². The van der Waals surface area contributed by atoms with Crippen LogP contribution in [0.2, 0.25) is 0 Å². The molecule has 0 aliphatic rings. The maximum atomic E-state index is 12.6. The number of alkyl halides is 1. The largest absolute Gasteiger partial charge is 0.467 e. The maximum absolute atomic E-state index is 12.6. The van der Waals surface area contributed by atoms with E-state index in [0.717, 1.165) is 30.6 Å². The number of esters is 1. The van der Waals surface area contributed by atoms with E-state index in [0.29, 0.717) is 31.1 Å². The molecular weight excluding hydrogens is 709 g/mol. The lowest BCUT2D eigenvalue weighted by atomic mass is 9.98. The fraction of sp³-hybridized carbons (Fsp3) is 0.579. The predicted octanol–water partition coefficient (Wildman–Crippen LogP) is 7.20. The Morgan fingerprint density at radius 2 is 1.58 bits per heavy atom. The van der Waals surface area contributed by atoms with E-state index in [9.17, 15) is 24.0 Å². The SMILES string of the molecule is C=CN=CC/C(Cl)=C(\CCl)C(=O)Nc1ccc(CC(NC(=O)CC(C)CCC(C)NC)C(=O)OC)cc1.CC.CC(C)C.COC(=O)NCCC=O. The number of nitrogens with one attached hydrogen (secondary N) is 4. The van der Waals surface area contributed by atoms with Crippen molar-refractivity contribution in [2.75, 3.05) is 39.0 Å². The zero-order valence-electron chi connectivity index (χ0n) is 32.8. The van der Waals surface area contributed by atoms with E-state index in [1.165, 1.54) is 26.6 Å². The summed E-state index contributed by atoms with van der Waals surface area (Å²) >= 11 is 12.1. The Kier molecular flexibility index (Phi) is 34.8. The molecule has 296 valence electrons. The zero-order chi connectivity index (χ0) is 40.5. The Labute approximate surface area is 321 Å². The second-order valence-electron chi connectivity index (χ2n) is 11.9.